The fraction of sp³-hybridized carbons (Fsp3) is 0.273. The van der Waals surface area contributed by atoms with Crippen LogP contribution >= 0.6 is 0 Å². The van der Waals surface area contributed by atoms with Gasteiger partial charge in [-0.25, -0.2) is 13.2 Å². The average molecular weight is 342 g/mol. The normalized spacial score (nSPS) is 11.2. The molecule has 0 fully saturated rings. The van der Waals surface area contributed by atoms with Crippen molar-refractivity contribution in [2.24, 2.45) is 0 Å². The first-order valence-electron chi connectivity index (χ1n) is 8.76. The molecule has 0 spiro atoms. The predicted octanol–water partition coefficient (Wildman–Crippen LogP) is 7.05. The number of fused-ring (bicyclic) bond motifs is 1. The Kier molecular flexibility index (Phi) is 5.42. The Morgan fingerprint density at radius 2 is 1.36 bits per heavy atom. The van der Waals surface area contributed by atoms with Crippen LogP contribution in [0.4, 0.5) is 13.2 Å². The Labute approximate surface area is 146 Å². The van der Waals surface area contributed by atoms with Crippen LogP contribution in [0.3, 0.4) is 0 Å². The molecule has 25 heavy (non-hydrogen) atoms. The van der Waals surface area contributed by atoms with E-state index in [9.17, 15) is 13.2 Å². The third kappa shape index (κ3) is 4.04. The Bertz CT molecular complexity index is 861. The van der Waals surface area contributed by atoms with Crippen molar-refractivity contribution in [3.63, 3.8) is 0 Å². The van der Waals surface area contributed by atoms with Crippen LogP contribution in [-0.2, 0) is 6.42 Å². The molecule has 0 bridgehead atoms. The van der Waals surface area contributed by atoms with Crippen molar-refractivity contribution in [3.05, 3.63) is 71.5 Å². The Morgan fingerprint density at radius 3 is 2.08 bits per heavy atom. The van der Waals surface area contributed by atoms with Crippen molar-refractivity contribution in [1.29, 1.82) is 0 Å². The standard InChI is InChI=1S/C22H21F3/c1-2-3-4-5-6-15-7-8-17-12-18(10-9-16(17)11-15)19-13-20(23)22(25)21(24)14-19/h7-14H,2-6H2,1H3. The van der Waals surface area contributed by atoms with Crippen LogP contribution in [0, 0.1) is 17.5 Å². The number of hydrogen-bond donors (Lipinski definition) is 0. The van der Waals surface area contributed by atoms with Crippen LogP contribution in [-0.4, -0.2) is 0 Å². The van der Waals surface area contributed by atoms with Gasteiger partial charge in [-0.2, -0.15) is 0 Å². The van der Waals surface area contributed by atoms with Gasteiger partial charge >= 0.3 is 0 Å². The van der Waals surface area contributed by atoms with Gasteiger partial charge < -0.3 is 0 Å². The zero-order valence-electron chi connectivity index (χ0n) is 14.3. The van der Waals surface area contributed by atoms with Gasteiger partial charge in [0.05, 0.1) is 0 Å². The highest BCUT2D eigenvalue weighted by Gasteiger charge is 2.12. The fourth-order valence-corrected chi connectivity index (χ4v) is 3.11. The second kappa shape index (κ2) is 7.73. The smallest absolute Gasteiger partial charge is 0.194 e. The van der Waals surface area contributed by atoms with Gasteiger partial charge in [0.25, 0.3) is 0 Å². The van der Waals surface area contributed by atoms with E-state index in [0.29, 0.717) is 11.1 Å². The number of unbranched alkanes of at least 4 members (excludes halogenated alkanes) is 3. The third-order valence-corrected chi connectivity index (χ3v) is 4.54. The van der Waals surface area contributed by atoms with Gasteiger partial charge in [0.2, 0.25) is 0 Å². The van der Waals surface area contributed by atoms with Crippen molar-refractivity contribution in [2.45, 2.75) is 39.0 Å². The minimum absolute atomic E-state index is 0.335. The van der Waals surface area contributed by atoms with Crippen molar-refractivity contribution < 1.29 is 13.2 Å². The molecular formula is C22H21F3. The Hall–Kier alpha value is -2.29. The van der Waals surface area contributed by atoms with Gasteiger partial charge in [0.15, 0.2) is 17.5 Å². The van der Waals surface area contributed by atoms with Crippen molar-refractivity contribution in [2.75, 3.05) is 0 Å². The number of hydrogen-bond acceptors (Lipinski definition) is 0. The Morgan fingerprint density at radius 1 is 0.680 bits per heavy atom. The largest absolute Gasteiger partial charge is 0.204 e. The lowest BCUT2D eigenvalue weighted by Crippen LogP contribution is -1.92. The van der Waals surface area contributed by atoms with E-state index >= 15 is 0 Å². The summed E-state index contributed by atoms with van der Waals surface area (Å²) in [7, 11) is 0. The summed E-state index contributed by atoms with van der Waals surface area (Å²) in [6, 6.07) is 14.0. The zero-order valence-corrected chi connectivity index (χ0v) is 14.3. The van der Waals surface area contributed by atoms with E-state index in [1.807, 2.05) is 24.3 Å². The first-order valence-corrected chi connectivity index (χ1v) is 8.76. The summed E-state index contributed by atoms with van der Waals surface area (Å²) < 4.78 is 40.0. The number of benzene rings is 3. The second-order valence-electron chi connectivity index (χ2n) is 6.46. The predicted molar refractivity (Wildman–Crippen MR) is 97.1 cm³/mol. The summed E-state index contributed by atoms with van der Waals surface area (Å²) in [5, 5.41) is 2.10. The molecule has 3 rings (SSSR count). The SMILES string of the molecule is CCCCCCc1ccc2cc(-c3cc(F)c(F)c(F)c3)ccc2c1. The molecule has 0 aromatic heterocycles. The molecule has 0 atom stereocenters. The van der Waals surface area contributed by atoms with Gasteiger partial charge in [0, 0.05) is 0 Å². The number of halogens is 3. The third-order valence-electron chi connectivity index (χ3n) is 4.54. The second-order valence-corrected chi connectivity index (χ2v) is 6.46. The molecule has 0 heterocycles. The molecule has 130 valence electrons. The first-order chi connectivity index (χ1) is 12.1. The van der Waals surface area contributed by atoms with E-state index in [4.69, 9.17) is 0 Å². The lowest BCUT2D eigenvalue weighted by molar-refractivity contribution is 0.448. The van der Waals surface area contributed by atoms with E-state index < -0.39 is 17.5 Å². The van der Waals surface area contributed by atoms with Gasteiger partial charge in [-0.15, -0.1) is 0 Å². The zero-order chi connectivity index (χ0) is 17.8. The minimum Gasteiger partial charge on any atom is -0.204 e. The quantitative estimate of drug-likeness (QED) is 0.333. The fourth-order valence-electron chi connectivity index (χ4n) is 3.11. The maximum Gasteiger partial charge on any atom is 0.194 e. The highest BCUT2D eigenvalue weighted by molar-refractivity contribution is 5.87. The molecular weight excluding hydrogens is 321 g/mol. The molecule has 0 saturated carbocycles. The maximum absolute atomic E-state index is 13.5. The highest BCUT2D eigenvalue weighted by Crippen LogP contribution is 2.28. The number of aryl methyl sites for hydroxylation is 1. The molecule has 0 N–H and O–H groups in total. The molecule has 3 heteroatoms. The van der Waals surface area contributed by atoms with Crippen LogP contribution in [0.25, 0.3) is 21.9 Å². The summed E-state index contributed by atoms with van der Waals surface area (Å²) >= 11 is 0. The molecule has 0 aliphatic rings. The first kappa shape index (κ1) is 17.5. The summed E-state index contributed by atoms with van der Waals surface area (Å²) in [6.07, 6.45) is 5.99. The van der Waals surface area contributed by atoms with Crippen molar-refractivity contribution in [1.82, 2.24) is 0 Å². The van der Waals surface area contributed by atoms with Crippen LogP contribution in [0.5, 0.6) is 0 Å². The van der Waals surface area contributed by atoms with Crippen molar-refractivity contribution >= 4 is 10.8 Å². The molecule has 0 amide bonds. The van der Waals surface area contributed by atoms with E-state index in [0.717, 1.165) is 29.3 Å². The molecule has 0 nitrogen and oxygen atoms in total. The summed E-state index contributed by atoms with van der Waals surface area (Å²) in [5.41, 5.74) is 2.30. The summed E-state index contributed by atoms with van der Waals surface area (Å²) in [4.78, 5) is 0. The van der Waals surface area contributed by atoms with E-state index in [1.165, 1.54) is 31.2 Å². The topological polar surface area (TPSA) is 0 Å². The van der Waals surface area contributed by atoms with E-state index in [1.54, 1.807) is 0 Å². The van der Waals surface area contributed by atoms with Gasteiger partial charge in [-0.1, -0.05) is 56.5 Å². The van der Waals surface area contributed by atoms with Gasteiger partial charge in [-0.3, -0.25) is 0 Å². The average Bonchev–Trinajstić information content (AvgIpc) is 2.62. The molecule has 3 aromatic carbocycles. The molecule has 0 saturated heterocycles. The van der Waals surface area contributed by atoms with Crippen LogP contribution < -0.4 is 0 Å². The van der Waals surface area contributed by atoms with E-state index in [-0.39, 0.29) is 0 Å². The monoisotopic (exact) mass is 342 g/mol. The van der Waals surface area contributed by atoms with Gasteiger partial charge in [0.1, 0.15) is 0 Å². The lowest BCUT2D eigenvalue weighted by atomic mass is 9.98. The molecule has 0 aliphatic carbocycles. The molecule has 0 aliphatic heterocycles. The molecule has 0 radical (unpaired) electrons. The Balaban J connectivity index is 1.86. The van der Waals surface area contributed by atoms with Crippen LogP contribution in [0.15, 0.2) is 48.5 Å². The maximum atomic E-state index is 13.5. The van der Waals surface area contributed by atoms with E-state index in [2.05, 4.69) is 19.1 Å². The summed E-state index contributed by atoms with van der Waals surface area (Å²) in [5.74, 6) is -3.77. The van der Waals surface area contributed by atoms with Gasteiger partial charge in [-0.05, 0) is 58.5 Å². The number of rotatable bonds is 6. The molecule has 0 unspecified atom stereocenters. The summed E-state index contributed by atoms with van der Waals surface area (Å²) in [6.45, 7) is 2.20. The highest BCUT2D eigenvalue weighted by atomic mass is 19.2. The molecule has 3 aromatic rings. The van der Waals surface area contributed by atoms with Crippen LogP contribution in [0.1, 0.15) is 38.2 Å². The lowest BCUT2D eigenvalue weighted by Gasteiger charge is -2.08. The minimum atomic E-state index is -1.43. The van der Waals surface area contributed by atoms with Crippen molar-refractivity contribution in [3.8, 4) is 11.1 Å². The van der Waals surface area contributed by atoms with Crippen LogP contribution in [0.2, 0.25) is 0 Å².